The second-order valence-corrected chi connectivity index (χ2v) is 4.54. The van der Waals surface area contributed by atoms with Crippen molar-refractivity contribution in [3.63, 3.8) is 0 Å². The number of benzene rings is 1. The lowest BCUT2D eigenvalue weighted by Gasteiger charge is -2.23. The second kappa shape index (κ2) is 3.24. The van der Waals surface area contributed by atoms with Crippen molar-refractivity contribution >= 4 is 0 Å². The van der Waals surface area contributed by atoms with Crippen LogP contribution < -0.4 is 0 Å². The highest BCUT2D eigenvalue weighted by atomic mass is 14.5. The first-order valence-electron chi connectivity index (χ1n) is 5.53. The molecule has 1 aromatic rings. The summed E-state index contributed by atoms with van der Waals surface area (Å²) in [5.41, 5.74) is 1.33. The summed E-state index contributed by atoms with van der Waals surface area (Å²) < 4.78 is 0. The maximum atomic E-state index is 9.24. The molecule has 74 valence electrons. The molecule has 2 bridgehead atoms. The third kappa shape index (κ3) is 1.22. The van der Waals surface area contributed by atoms with Gasteiger partial charge in [0.25, 0.3) is 0 Å². The van der Waals surface area contributed by atoms with Gasteiger partial charge in [-0.3, -0.25) is 0 Å². The molecule has 4 unspecified atom stereocenters. The van der Waals surface area contributed by atoms with E-state index in [1.54, 1.807) is 0 Å². The van der Waals surface area contributed by atoms with Gasteiger partial charge in [0.2, 0.25) is 0 Å². The average molecular weight is 195 g/mol. The van der Waals surface area contributed by atoms with E-state index >= 15 is 0 Å². The van der Waals surface area contributed by atoms with Crippen LogP contribution >= 0.6 is 0 Å². The van der Waals surface area contributed by atoms with E-state index in [2.05, 4.69) is 42.5 Å². The van der Waals surface area contributed by atoms with Crippen molar-refractivity contribution in [1.82, 2.24) is 0 Å². The zero-order valence-corrected chi connectivity index (χ0v) is 8.51. The highest BCUT2D eigenvalue weighted by Crippen LogP contribution is 2.52. The Hall–Kier alpha value is -1.55. The van der Waals surface area contributed by atoms with Crippen molar-refractivity contribution in [2.24, 2.45) is 17.8 Å². The highest BCUT2D eigenvalue weighted by Gasteiger charge is 2.45. The van der Waals surface area contributed by atoms with Crippen LogP contribution in [0.3, 0.4) is 0 Å². The van der Waals surface area contributed by atoms with E-state index in [1.165, 1.54) is 12.0 Å². The van der Waals surface area contributed by atoms with Crippen LogP contribution in [-0.2, 0) is 0 Å². The summed E-state index contributed by atoms with van der Waals surface area (Å²) in [6.07, 6.45) is 5.71. The zero-order valence-electron chi connectivity index (χ0n) is 8.51. The molecule has 2 aliphatic carbocycles. The largest absolute Gasteiger partial charge is 0.198 e. The SMILES string of the molecule is N#CC1C2C=CC(C2)C1c1ccccc1. The molecule has 0 aromatic heterocycles. The lowest BCUT2D eigenvalue weighted by Crippen LogP contribution is -2.15. The first-order valence-corrected chi connectivity index (χ1v) is 5.53. The summed E-state index contributed by atoms with van der Waals surface area (Å²) in [7, 11) is 0. The predicted octanol–water partition coefficient (Wildman–Crippen LogP) is 3.12. The molecule has 4 atom stereocenters. The summed E-state index contributed by atoms with van der Waals surface area (Å²) in [6.45, 7) is 0. The van der Waals surface area contributed by atoms with Crippen molar-refractivity contribution in [2.45, 2.75) is 12.3 Å². The number of fused-ring (bicyclic) bond motifs is 2. The van der Waals surface area contributed by atoms with Gasteiger partial charge in [0.15, 0.2) is 0 Å². The van der Waals surface area contributed by atoms with Gasteiger partial charge >= 0.3 is 0 Å². The Labute approximate surface area is 90.0 Å². The van der Waals surface area contributed by atoms with Gasteiger partial charge in [0.05, 0.1) is 12.0 Å². The van der Waals surface area contributed by atoms with Crippen molar-refractivity contribution in [2.75, 3.05) is 0 Å². The van der Waals surface area contributed by atoms with Gasteiger partial charge in [-0.25, -0.2) is 0 Å². The molecule has 15 heavy (non-hydrogen) atoms. The molecule has 1 nitrogen and oxygen atoms in total. The maximum absolute atomic E-state index is 9.24. The van der Waals surface area contributed by atoms with Crippen LogP contribution in [-0.4, -0.2) is 0 Å². The standard InChI is InChI=1S/C14H13N/c15-9-13-11-6-7-12(8-11)14(13)10-4-2-1-3-5-10/h1-7,11-14H,8H2. The van der Waals surface area contributed by atoms with E-state index in [0.29, 0.717) is 17.8 Å². The summed E-state index contributed by atoms with van der Waals surface area (Å²) in [5.74, 6) is 1.74. The van der Waals surface area contributed by atoms with Crippen LogP contribution in [0.25, 0.3) is 0 Å². The third-order valence-corrected chi connectivity index (χ3v) is 3.79. The summed E-state index contributed by atoms with van der Waals surface area (Å²) in [4.78, 5) is 0. The Bertz CT molecular complexity index is 426. The Morgan fingerprint density at radius 2 is 1.80 bits per heavy atom. The molecule has 0 N–H and O–H groups in total. The molecule has 0 aliphatic heterocycles. The molecule has 1 saturated carbocycles. The van der Waals surface area contributed by atoms with Gasteiger partial charge in [-0.15, -0.1) is 0 Å². The normalized spacial score (nSPS) is 36.7. The highest BCUT2D eigenvalue weighted by molar-refractivity contribution is 5.31. The number of allylic oxidation sites excluding steroid dienone is 2. The molecule has 0 heterocycles. The average Bonchev–Trinajstić information content (AvgIpc) is 2.89. The molecular formula is C14H13N. The second-order valence-electron chi connectivity index (χ2n) is 4.54. The molecule has 1 heteroatoms. The fourth-order valence-corrected chi connectivity index (χ4v) is 3.13. The van der Waals surface area contributed by atoms with Gasteiger partial charge < -0.3 is 0 Å². The number of hydrogen-bond acceptors (Lipinski definition) is 1. The van der Waals surface area contributed by atoms with E-state index in [0.717, 1.165) is 0 Å². The number of hydrogen-bond donors (Lipinski definition) is 0. The number of nitrogens with zero attached hydrogens (tertiary/aromatic N) is 1. The van der Waals surface area contributed by atoms with E-state index in [4.69, 9.17) is 0 Å². The maximum Gasteiger partial charge on any atom is 0.0668 e. The van der Waals surface area contributed by atoms with Gasteiger partial charge in [0.1, 0.15) is 0 Å². The first kappa shape index (κ1) is 8.73. The molecule has 0 amide bonds. The van der Waals surface area contributed by atoms with E-state index in [1.807, 2.05) is 6.07 Å². The van der Waals surface area contributed by atoms with Crippen LogP contribution in [0, 0.1) is 29.1 Å². The van der Waals surface area contributed by atoms with Gasteiger partial charge in [-0.1, -0.05) is 42.5 Å². The molecule has 3 rings (SSSR count). The van der Waals surface area contributed by atoms with Crippen molar-refractivity contribution in [3.8, 4) is 6.07 Å². The summed E-state index contributed by atoms with van der Waals surface area (Å²) in [6, 6.07) is 13.0. The van der Waals surface area contributed by atoms with E-state index < -0.39 is 0 Å². The van der Waals surface area contributed by atoms with E-state index in [9.17, 15) is 5.26 Å². The molecule has 0 radical (unpaired) electrons. The molecule has 0 saturated heterocycles. The van der Waals surface area contributed by atoms with Gasteiger partial charge in [-0.05, 0) is 23.8 Å². The lowest BCUT2D eigenvalue weighted by atomic mass is 9.79. The number of rotatable bonds is 1. The minimum Gasteiger partial charge on any atom is -0.198 e. The van der Waals surface area contributed by atoms with Crippen molar-refractivity contribution in [3.05, 3.63) is 48.0 Å². The lowest BCUT2D eigenvalue weighted by molar-refractivity contribution is 0.488. The van der Waals surface area contributed by atoms with Crippen LogP contribution in [0.1, 0.15) is 17.9 Å². The van der Waals surface area contributed by atoms with Gasteiger partial charge in [-0.2, -0.15) is 5.26 Å². The molecule has 1 fully saturated rings. The van der Waals surface area contributed by atoms with Crippen molar-refractivity contribution in [1.29, 1.82) is 5.26 Å². The van der Waals surface area contributed by atoms with Gasteiger partial charge in [0, 0.05) is 5.92 Å². The minimum atomic E-state index is 0.197. The first-order chi connectivity index (χ1) is 7.40. The summed E-state index contributed by atoms with van der Waals surface area (Å²) >= 11 is 0. The van der Waals surface area contributed by atoms with Crippen LogP contribution in [0.2, 0.25) is 0 Å². The van der Waals surface area contributed by atoms with Crippen LogP contribution in [0.4, 0.5) is 0 Å². The third-order valence-electron chi connectivity index (χ3n) is 3.79. The Balaban J connectivity index is 2.00. The Kier molecular flexibility index (Phi) is 1.89. The molecule has 0 spiro atoms. The minimum absolute atomic E-state index is 0.197. The Morgan fingerprint density at radius 1 is 1.07 bits per heavy atom. The predicted molar refractivity (Wildman–Crippen MR) is 59.0 cm³/mol. The Morgan fingerprint density at radius 3 is 2.53 bits per heavy atom. The fourth-order valence-electron chi connectivity index (χ4n) is 3.13. The number of nitriles is 1. The molecular weight excluding hydrogens is 182 g/mol. The fraction of sp³-hybridized carbons (Fsp3) is 0.357. The van der Waals surface area contributed by atoms with E-state index in [-0.39, 0.29) is 5.92 Å². The molecule has 2 aliphatic rings. The van der Waals surface area contributed by atoms with Crippen molar-refractivity contribution < 1.29 is 0 Å². The summed E-state index contributed by atoms with van der Waals surface area (Å²) in [5, 5.41) is 9.24. The monoisotopic (exact) mass is 195 g/mol. The zero-order chi connectivity index (χ0) is 10.3. The van der Waals surface area contributed by atoms with Crippen LogP contribution in [0.5, 0.6) is 0 Å². The molecule has 1 aromatic carbocycles. The smallest absolute Gasteiger partial charge is 0.0668 e. The topological polar surface area (TPSA) is 23.8 Å². The quantitative estimate of drug-likeness (QED) is 0.631. The van der Waals surface area contributed by atoms with Crippen LogP contribution in [0.15, 0.2) is 42.5 Å².